The zero-order valence-electron chi connectivity index (χ0n) is 10.8. The summed E-state index contributed by atoms with van der Waals surface area (Å²) in [5, 5.41) is 8.59. The Labute approximate surface area is 127 Å². The number of halogens is 2. The number of hydrogen-bond donors (Lipinski definition) is 1. The summed E-state index contributed by atoms with van der Waals surface area (Å²) in [4.78, 5) is 4.72. The van der Waals surface area contributed by atoms with Gasteiger partial charge in [0.1, 0.15) is 6.61 Å². The molecular formula is C14H20Cl2N2O. The number of aliphatic hydroxyl groups is 1. The minimum Gasteiger partial charge on any atom is -0.384 e. The molecule has 5 heteroatoms. The fourth-order valence-corrected chi connectivity index (χ4v) is 2.03. The van der Waals surface area contributed by atoms with E-state index >= 15 is 0 Å². The molecule has 19 heavy (non-hydrogen) atoms. The average molecular weight is 303 g/mol. The van der Waals surface area contributed by atoms with Gasteiger partial charge in [-0.1, -0.05) is 30.0 Å². The minimum atomic E-state index is -0.0377. The maximum Gasteiger partial charge on any atom is 0.104 e. The summed E-state index contributed by atoms with van der Waals surface area (Å²) in [5.74, 6) is 5.66. The fraction of sp³-hybridized carbons (Fsp3) is 0.429. The molecule has 1 aliphatic heterocycles. The molecule has 1 aliphatic rings. The number of aliphatic hydroxyl groups excluding tert-OH is 1. The van der Waals surface area contributed by atoms with Crippen molar-refractivity contribution in [2.45, 2.75) is 0 Å². The summed E-state index contributed by atoms with van der Waals surface area (Å²) in [6, 6.07) is 10.5. The monoisotopic (exact) mass is 302 g/mol. The number of para-hydroxylation sites is 1. The van der Waals surface area contributed by atoms with Crippen LogP contribution < -0.4 is 4.90 Å². The molecule has 0 spiro atoms. The van der Waals surface area contributed by atoms with Gasteiger partial charge < -0.3 is 10.0 Å². The topological polar surface area (TPSA) is 26.7 Å². The van der Waals surface area contributed by atoms with Crippen molar-refractivity contribution in [1.29, 1.82) is 0 Å². The third-order valence-electron chi connectivity index (χ3n) is 3.00. The zero-order chi connectivity index (χ0) is 11.9. The lowest BCUT2D eigenvalue weighted by Crippen LogP contribution is -2.46. The SMILES string of the molecule is Cl.Cl.OCC#CCN1CCN(c2ccccc2)CC1. The molecule has 0 radical (unpaired) electrons. The summed E-state index contributed by atoms with van der Waals surface area (Å²) in [6.07, 6.45) is 0. The van der Waals surface area contributed by atoms with Gasteiger partial charge in [-0.05, 0) is 12.1 Å². The van der Waals surface area contributed by atoms with Crippen molar-refractivity contribution in [2.24, 2.45) is 0 Å². The minimum absolute atomic E-state index is 0. The highest BCUT2D eigenvalue weighted by atomic mass is 35.5. The van der Waals surface area contributed by atoms with Crippen LogP contribution in [-0.2, 0) is 0 Å². The first-order chi connectivity index (χ1) is 8.40. The highest BCUT2D eigenvalue weighted by Crippen LogP contribution is 2.15. The van der Waals surface area contributed by atoms with Gasteiger partial charge in [-0.2, -0.15) is 0 Å². The molecule has 106 valence electrons. The van der Waals surface area contributed by atoms with Crippen molar-refractivity contribution >= 4 is 30.5 Å². The Bertz CT molecular complexity index is 395. The number of benzene rings is 1. The van der Waals surface area contributed by atoms with Crippen LogP contribution in [0.2, 0.25) is 0 Å². The van der Waals surface area contributed by atoms with Gasteiger partial charge in [0.15, 0.2) is 0 Å². The second-order valence-electron chi connectivity index (χ2n) is 4.11. The van der Waals surface area contributed by atoms with Crippen molar-refractivity contribution < 1.29 is 5.11 Å². The van der Waals surface area contributed by atoms with E-state index < -0.39 is 0 Å². The Hall–Kier alpha value is -0.920. The van der Waals surface area contributed by atoms with Crippen molar-refractivity contribution in [3.05, 3.63) is 30.3 Å². The lowest BCUT2D eigenvalue weighted by atomic mass is 10.2. The predicted octanol–water partition coefficient (Wildman–Crippen LogP) is 1.65. The van der Waals surface area contributed by atoms with Gasteiger partial charge in [0.25, 0.3) is 0 Å². The first kappa shape index (κ1) is 18.1. The number of nitrogens with zero attached hydrogens (tertiary/aromatic N) is 2. The average Bonchev–Trinajstić information content (AvgIpc) is 2.41. The summed E-state index contributed by atoms with van der Waals surface area (Å²) in [6.45, 7) is 4.90. The summed E-state index contributed by atoms with van der Waals surface area (Å²) in [5.41, 5.74) is 1.30. The van der Waals surface area contributed by atoms with E-state index in [4.69, 9.17) is 5.11 Å². The second-order valence-corrected chi connectivity index (χ2v) is 4.11. The number of rotatable bonds is 2. The molecule has 0 bridgehead atoms. The third-order valence-corrected chi connectivity index (χ3v) is 3.00. The molecule has 0 atom stereocenters. The van der Waals surface area contributed by atoms with E-state index in [9.17, 15) is 0 Å². The van der Waals surface area contributed by atoms with Crippen LogP contribution in [0.1, 0.15) is 0 Å². The maximum absolute atomic E-state index is 8.59. The Morgan fingerprint density at radius 1 is 0.947 bits per heavy atom. The van der Waals surface area contributed by atoms with Gasteiger partial charge in [-0.15, -0.1) is 24.8 Å². The molecule has 2 rings (SSSR count). The highest BCUT2D eigenvalue weighted by Gasteiger charge is 2.15. The van der Waals surface area contributed by atoms with Gasteiger partial charge in [0, 0.05) is 31.9 Å². The van der Waals surface area contributed by atoms with Crippen LogP contribution in [0, 0.1) is 11.8 Å². The van der Waals surface area contributed by atoms with Gasteiger partial charge >= 0.3 is 0 Å². The highest BCUT2D eigenvalue weighted by molar-refractivity contribution is 5.85. The Balaban J connectivity index is 0.00000162. The van der Waals surface area contributed by atoms with E-state index in [1.807, 2.05) is 6.07 Å². The molecule has 0 unspecified atom stereocenters. The van der Waals surface area contributed by atoms with E-state index in [-0.39, 0.29) is 31.4 Å². The molecular weight excluding hydrogens is 283 g/mol. The number of hydrogen-bond acceptors (Lipinski definition) is 3. The molecule has 0 aromatic heterocycles. The molecule has 0 aliphatic carbocycles. The first-order valence-electron chi connectivity index (χ1n) is 5.99. The normalized spacial score (nSPS) is 14.7. The van der Waals surface area contributed by atoms with Gasteiger partial charge in [0.2, 0.25) is 0 Å². The Kier molecular flexibility index (Phi) is 9.46. The zero-order valence-corrected chi connectivity index (χ0v) is 12.4. The molecule has 1 fully saturated rings. The van der Waals surface area contributed by atoms with Gasteiger partial charge in [0.05, 0.1) is 6.54 Å². The largest absolute Gasteiger partial charge is 0.384 e. The second kappa shape index (κ2) is 9.94. The van der Waals surface area contributed by atoms with Crippen molar-refractivity contribution in [3.63, 3.8) is 0 Å². The summed E-state index contributed by atoms with van der Waals surface area (Å²) < 4.78 is 0. The Morgan fingerprint density at radius 2 is 1.58 bits per heavy atom. The van der Waals surface area contributed by atoms with Crippen molar-refractivity contribution in [3.8, 4) is 11.8 Å². The van der Waals surface area contributed by atoms with E-state index in [0.717, 1.165) is 32.7 Å². The van der Waals surface area contributed by atoms with Gasteiger partial charge in [-0.3, -0.25) is 4.90 Å². The van der Waals surface area contributed by atoms with E-state index in [0.29, 0.717) is 0 Å². The molecule has 1 saturated heterocycles. The lowest BCUT2D eigenvalue weighted by molar-refractivity contribution is 0.287. The van der Waals surface area contributed by atoms with Crippen LogP contribution in [0.3, 0.4) is 0 Å². The third kappa shape index (κ3) is 5.71. The predicted molar refractivity (Wildman–Crippen MR) is 84.5 cm³/mol. The van der Waals surface area contributed by atoms with Gasteiger partial charge in [-0.25, -0.2) is 0 Å². The molecule has 0 saturated carbocycles. The summed E-state index contributed by atoms with van der Waals surface area (Å²) in [7, 11) is 0. The summed E-state index contributed by atoms with van der Waals surface area (Å²) >= 11 is 0. The molecule has 1 N–H and O–H groups in total. The number of piperazine rings is 1. The lowest BCUT2D eigenvalue weighted by Gasteiger charge is -2.35. The van der Waals surface area contributed by atoms with E-state index in [1.165, 1.54) is 5.69 Å². The van der Waals surface area contributed by atoms with Crippen LogP contribution in [0.15, 0.2) is 30.3 Å². The molecule has 1 heterocycles. The van der Waals surface area contributed by atoms with Crippen LogP contribution in [-0.4, -0.2) is 49.3 Å². The van der Waals surface area contributed by atoms with Crippen molar-refractivity contribution in [2.75, 3.05) is 44.2 Å². The van der Waals surface area contributed by atoms with Crippen LogP contribution in [0.5, 0.6) is 0 Å². The molecule has 3 nitrogen and oxygen atoms in total. The fourth-order valence-electron chi connectivity index (χ4n) is 2.03. The first-order valence-corrected chi connectivity index (χ1v) is 5.99. The van der Waals surface area contributed by atoms with E-state index in [2.05, 4.69) is 45.9 Å². The molecule has 1 aromatic carbocycles. The standard InChI is InChI=1S/C14H18N2O.2ClH/c17-13-5-4-8-15-9-11-16(12-10-15)14-6-2-1-3-7-14;;/h1-3,6-7,17H,8-13H2;2*1H. The van der Waals surface area contributed by atoms with Crippen LogP contribution >= 0.6 is 24.8 Å². The van der Waals surface area contributed by atoms with E-state index in [1.54, 1.807) is 0 Å². The molecule has 0 amide bonds. The maximum atomic E-state index is 8.59. The Morgan fingerprint density at radius 3 is 2.16 bits per heavy atom. The molecule has 1 aromatic rings. The van der Waals surface area contributed by atoms with Crippen molar-refractivity contribution in [1.82, 2.24) is 4.90 Å². The van der Waals surface area contributed by atoms with Crippen LogP contribution in [0.25, 0.3) is 0 Å². The smallest absolute Gasteiger partial charge is 0.104 e. The quantitative estimate of drug-likeness (QED) is 0.842. The number of anilines is 1. The van der Waals surface area contributed by atoms with Crippen LogP contribution in [0.4, 0.5) is 5.69 Å².